The van der Waals surface area contributed by atoms with Crippen molar-refractivity contribution in [3.63, 3.8) is 0 Å². The number of nitrogens with one attached hydrogen (secondary N) is 1. The molecule has 0 fully saturated rings. The van der Waals surface area contributed by atoms with Crippen molar-refractivity contribution in [1.82, 2.24) is 9.55 Å². The van der Waals surface area contributed by atoms with Gasteiger partial charge in [-0.3, -0.25) is 4.57 Å². The largest absolute Gasteiger partial charge is 0.478 e. The molecule has 0 aliphatic rings. The topological polar surface area (TPSA) is 75.1 Å². The van der Waals surface area contributed by atoms with Crippen LogP contribution in [0.1, 0.15) is 10.4 Å². The number of halogens is 2. The van der Waals surface area contributed by atoms with Gasteiger partial charge in [0.25, 0.3) is 0 Å². The predicted octanol–water partition coefficient (Wildman–Crippen LogP) is 2.81. The number of aromatic amines is 1. The Kier molecular flexibility index (Phi) is 3.03. The van der Waals surface area contributed by atoms with E-state index in [4.69, 9.17) is 16.7 Å². The molecule has 0 saturated carbocycles. The maximum atomic E-state index is 13.1. The number of rotatable bonds is 2. The molecule has 0 aliphatic carbocycles. The quantitative estimate of drug-likeness (QED) is 0.764. The van der Waals surface area contributed by atoms with Crippen molar-refractivity contribution in [2.75, 3.05) is 0 Å². The summed E-state index contributed by atoms with van der Waals surface area (Å²) in [5, 5.41) is 9.19. The highest BCUT2D eigenvalue weighted by Crippen LogP contribution is 2.24. The van der Waals surface area contributed by atoms with E-state index in [-0.39, 0.29) is 21.8 Å². The normalized spacial score (nSPS) is 11.0. The minimum Gasteiger partial charge on any atom is -0.478 e. The molecule has 21 heavy (non-hydrogen) atoms. The van der Waals surface area contributed by atoms with E-state index in [1.807, 2.05) is 0 Å². The molecule has 0 atom stereocenters. The fourth-order valence-electron chi connectivity index (χ4n) is 2.21. The zero-order valence-corrected chi connectivity index (χ0v) is 11.2. The molecular weight excluding hydrogens is 299 g/mol. The molecule has 3 aromatic rings. The molecule has 0 unspecified atom stereocenters. The van der Waals surface area contributed by atoms with Crippen molar-refractivity contribution < 1.29 is 14.3 Å². The lowest BCUT2D eigenvalue weighted by atomic mass is 10.2. The van der Waals surface area contributed by atoms with Gasteiger partial charge in [-0.2, -0.15) is 0 Å². The average molecular weight is 307 g/mol. The number of imidazole rings is 1. The van der Waals surface area contributed by atoms with Crippen LogP contribution in [-0.4, -0.2) is 20.6 Å². The monoisotopic (exact) mass is 306 g/mol. The lowest BCUT2D eigenvalue weighted by molar-refractivity contribution is 0.0699. The third-order valence-electron chi connectivity index (χ3n) is 3.10. The first kappa shape index (κ1) is 13.4. The first-order valence-electron chi connectivity index (χ1n) is 5.91. The van der Waals surface area contributed by atoms with Crippen LogP contribution in [0.4, 0.5) is 4.39 Å². The summed E-state index contributed by atoms with van der Waals surface area (Å²) >= 11 is 5.97. The van der Waals surface area contributed by atoms with Crippen molar-refractivity contribution >= 4 is 28.6 Å². The molecule has 5 nitrogen and oxygen atoms in total. The fraction of sp³-hybridized carbons (Fsp3) is 0. The van der Waals surface area contributed by atoms with Crippen molar-refractivity contribution in [3.05, 3.63) is 63.3 Å². The summed E-state index contributed by atoms with van der Waals surface area (Å²) in [5.41, 5.74) is 0.245. The van der Waals surface area contributed by atoms with Crippen LogP contribution in [0.3, 0.4) is 0 Å². The molecule has 0 spiro atoms. The molecule has 2 aromatic carbocycles. The van der Waals surface area contributed by atoms with E-state index in [0.717, 1.165) is 6.07 Å². The van der Waals surface area contributed by atoms with Gasteiger partial charge in [0.05, 0.1) is 27.3 Å². The molecule has 106 valence electrons. The van der Waals surface area contributed by atoms with Crippen molar-refractivity contribution in [2.45, 2.75) is 0 Å². The zero-order chi connectivity index (χ0) is 15.1. The smallest absolute Gasteiger partial charge is 0.337 e. The summed E-state index contributed by atoms with van der Waals surface area (Å²) in [7, 11) is 0. The zero-order valence-electron chi connectivity index (χ0n) is 10.4. The van der Waals surface area contributed by atoms with Gasteiger partial charge >= 0.3 is 11.7 Å². The Labute approximate surface area is 122 Å². The summed E-state index contributed by atoms with van der Waals surface area (Å²) < 4.78 is 14.3. The summed E-state index contributed by atoms with van der Waals surface area (Å²) in [5.74, 6) is -1.68. The summed E-state index contributed by atoms with van der Waals surface area (Å²) in [6, 6.07) is 8.11. The molecular formula is C14H8ClFN2O3. The third-order valence-corrected chi connectivity index (χ3v) is 3.40. The number of H-pyrrole nitrogens is 1. The van der Waals surface area contributed by atoms with Crippen LogP contribution in [-0.2, 0) is 0 Å². The summed E-state index contributed by atoms with van der Waals surface area (Å²) in [6.07, 6.45) is 0. The number of carbonyl (C=O) groups is 1. The lowest BCUT2D eigenvalue weighted by Crippen LogP contribution is -2.15. The maximum absolute atomic E-state index is 13.1. The highest BCUT2D eigenvalue weighted by Gasteiger charge is 2.16. The van der Waals surface area contributed by atoms with Gasteiger partial charge in [0.1, 0.15) is 5.82 Å². The number of aromatic nitrogens is 2. The molecule has 0 aliphatic heterocycles. The lowest BCUT2D eigenvalue weighted by Gasteiger charge is -2.06. The van der Waals surface area contributed by atoms with Gasteiger partial charge in [0.15, 0.2) is 0 Å². The van der Waals surface area contributed by atoms with E-state index in [1.165, 1.54) is 28.8 Å². The number of hydrogen-bond donors (Lipinski definition) is 2. The number of fused-ring (bicyclic) bond motifs is 1. The van der Waals surface area contributed by atoms with Crippen LogP contribution in [0.25, 0.3) is 16.7 Å². The first-order valence-corrected chi connectivity index (χ1v) is 6.29. The Morgan fingerprint density at radius 2 is 2.05 bits per heavy atom. The maximum Gasteiger partial charge on any atom is 0.337 e. The van der Waals surface area contributed by atoms with Crippen LogP contribution in [0.15, 0.2) is 41.2 Å². The Hall–Kier alpha value is -2.60. The van der Waals surface area contributed by atoms with Gasteiger partial charge in [-0.1, -0.05) is 17.7 Å². The highest BCUT2D eigenvalue weighted by molar-refractivity contribution is 6.32. The van der Waals surface area contributed by atoms with Crippen molar-refractivity contribution in [2.24, 2.45) is 0 Å². The Morgan fingerprint density at radius 3 is 2.71 bits per heavy atom. The number of para-hydroxylation sites is 1. The Morgan fingerprint density at radius 1 is 1.29 bits per heavy atom. The molecule has 0 bridgehead atoms. The number of carboxylic acid groups (broad SMARTS) is 1. The molecule has 1 aromatic heterocycles. The van der Waals surface area contributed by atoms with Crippen molar-refractivity contribution in [3.8, 4) is 5.69 Å². The van der Waals surface area contributed by atoms with Gasteiger partial charge in [0.2, 0.25) is 0 Å². The standard InChI is InChI=1S/C14H8ClFN2O3/c15-9-6-7(16)4-5-10(9)18-11-3-1-2-8(13(19)20)12(11)17-14(18)21/h1-6H,(H,17,21)(H,19,20). The fourth-order valence-corrected chi connectivity index (χ4v) is 2.46. The Balaban J connectivity index is 2.39. The van der Waals surface area contributed by atoms with E-state index in [2.05, 4.69) is 4.98 Å². The van der Waals surface area contributed by atoms with Gasteiger partial charge in [-0.25, -0.2) is 14.0 Å². The van der Waals surface area contributed by atoms with Crippen molar-refractivity contribution in [1.29, 1.82) is 0 Å². The second kappa shape index (κ2) is 4.75. The van der Waals surface area contributed by atoms with E-state index in [1.54, 1.807) is 6.07 Å². The van der Waals surface area contributed by atoms with E-state index >= 15 is 0 Å². The van der Waals surface area contributed by atoms with Gasteiger partial charge in [-0.15, -0.1) is 0 Å². The Bertz CT molecular complexity index is 930. The molecule has 0 amide bonds. The number of benzene rings is 2. The predicted molar refractivity (Wildman–Crippen MR) is 75.8 cm³/mol. The molecule has 3 rings (SSSR count). The molecule has 0 radical (unpaired) electrons. The molecule has 0 saturated heterocycles. The second-order valence-electron chi connectivity index (χ2n) is 4.37. The van der Waals surface area contributed by atoms with E-state index in [9.17, 15) is 14.0 Å². The van der Waals surface area contributed by atoms with Crippen LogP contribution in [0.5, 0.6) is 0 Å². The SMILES string of the molecule is O=C(O)c1cccc2c1[nH]c(=O)n2-c1ccc(F)cc1Cl. The minimum absolute atomic E-state index is 0.0263. The second-order valence-corrected chi connectivity index (χ2v) is 4.77. The number of nitrogens with zero attached hydrogens (tertiary/aromatic N) is 1. The number of carboxylic acids is 1. The highest BCUT2D eigenvalue weighted by atomic mass is 35.5. The van der Waals surface area contributed by atoms with Gasteiger partial charge in [0, 0.05) is 0 Å². The molecule has 7 heteroatoms. The third kappa shape index (κ3) is 2.09. The van der Waals surface area contributed by atoms with Crippen LogP contribution >= 0.6 is 11.6 Å². The minimum atomic E-state index is -1.15. The van der Waals surface area contributed by atoms with Crippen LogP contribution in [0.2, 0.25) is 5.02 Å². The molecule has 1 heterocycles. The average Bonchev–Trinajstić information content (AvgIpc) is 2.74. The number of hydrogen-bond acceptors (Lipinski definition) is 2. The summed E-state index contributed by atoms with van der Waals surface area (Å²) in [6.45, 7) is 0. The van der Waals surface area contributed by atoms with Crippen LogP contribution in [0, 0.1) is 5.82 Å². The van der Waals surface area contributed by atoms with E-state index < -0.39 is 17.5 Å². The number of aromatic carboxylic acids is 1. The first-order chi connectivity index (χ1) is 9.99. The van der Waals surface area contributed by atoms with E-state index in [0.29, 0.717) is 5.52 Å². The molecule has 2 N–H and O–H groups in total. The summed E-state index contributed by atoms with van der Waals surface area (Å²) in [4.78, 5) is 25.8. The van der Waals surface area contributed by atoms with Crippen LogP contribution < -0.4 is 5.69 Å². The van der Waals surface area contributed by atoms with Gasteiger partial charge in [-0.05, 0) is 30.3 Å². The van der Waals surface area contributed by atoms with Gasteiger partial charge < -0.3 is 10.1 Å².